The molecule has 7 nitrogen and oxygen atoms in total. The van der Waals surface area contributed by atoms with Gasteiger partial charge in [-0.3, -0.25) is 4.79 Å². The minimum absolute atomic E-state index is 0.146. The molecule has 0 atom stereocenters. The zero-order valence-corrected chi connectivity index (χ0v) is 19.4. The molecule has 0 saturated heterocycles. The van der Waals surface area contributed by atoms with Crippen LogP contribution in [0, 0.1) is 17.2 Å². The number of carbonyl (C=O) groups is 1. The minimum atomic E-state index is -0.146. The molecular formula is C24H27N5O2S. The highest BCUT2D eigenvalue weighted by atomic mass is 32.2. The average Bonchev–Trinajstić information content (AvgIpc) is 3.17. The number of hydrogen-bond acceptors (Lipinski definition) is 6. The number of amides is 1. The van der Waals surface area contributed by atoms with Crippen molar-refractivity contribution in [3.05, 3.63) is 65.5 Å². The van der Waals surface area contributed by atoms with Gasteiger partial charge in [0.15, 0.2) is 11.0 Å². The SMILES string of the molecule is CCc1ccc(OCc2nnc(SCC(=O)Nc3ccc(C#N)cc3)n2CC(C)C)cc1. The van der Waals surface area contributed by atoms with Crippen LogP contribution in [0.2, 0.25) is 0 Å². The van der Waals surface area contributed by atoms with Gasteiger partial charge < -0.3 is 14.6 Å². The van der Waals surface area contributed by atoms with E-state index in [4.69, 9.17) is 10.00 Å². The fraction of sp³-hybridized carbons (Fsp3) is 0.333. The highest BCUT2D eigenvalue weighted by molar-refractivity contribution is 7.99. The monoisotopic (exact) mass is 449 g/mol. The summed E-state index contributed by atoms with van der Waals surface area (Å²) < 4.78 is 7.93. The Labute approximate surface area is 192 Å². The van der Waals surface area contributed by atoms with Crippen molar-refractivity contribution >= 4 is 23.4 Å². The first-order valence-electron chi connectivity index (χ1n) is 10.5. The van der Waals surface area contributed by atoms with Crippen LogP contribution in [-0.4, -0.2) is 26.4 Å². The Morgan fingerprint density at radius 2 is 1.88 bits per heavy atom. The van der Waals surface area contributed by atoms with E-state index in [0.717, 1.165) is 24.5 Å². The summed E-state index contributed by atoms with van der Waals surface area (Å²) in [4.78, 5) is 12.4. The van der Waals surface area contributed by atoms with Gasteiger partial charge in [-0.05, 0) is 54.3 Å². The number of hydrogen-bond donors (Lipinski definition) is 1. The van der Waals surface area contributed by atoms with Crippen LogP contribution in [0.4, 0.5) is 5.69 Å². The summed E-state index contributed by atoms with van der Waals surface area (Å²) in [6.07, 6.45) is 0.988. The van der Waals surface area contributed by atoms with Gasteiger partial charge in [0.25, 0.3) is 0 Å². The molecule has 0 aliphatic heterocycles. The highest BCUT2D eigenvalue weighted by Crippen LogP contribution is 2.21. The number of aryl methyl sites for hydroxylation is 1. The van der Waals surface area contributed by atoms with E-state index in [0.29, 0.717) is 28.9 Å². The third-order valence-electron chi connectivity index (χ3n) is 4.67. The van der Waals surface area contributed by atoms with Crippen molar-refractivity contribution in [3.8, 4) is 11.8 Å². The number of aromatic nitrogens is 3. The van der Waals surface area contributed by atoms with Gasteiger partial charge >= 0.3 is 0 Å². The maximum atomic E-state index is 12.4. The lowest BCUT2D eigenvalue weighted by Gasteiger charge is -2.13. The van der Waals surface area contributed by atoms with E-state index in [9.17, 15) is 4.79 Å². The Bertz CT molecular complexity index is 1070. The summed E-state index contributed by atoms with van der Waals surface area (Å²) >= 11 is 1.34. The van der Waals surface area contributed by atoms with Crippen molar-refractivity contribution in [2.24, 2.45) is 5.92 Å². The van der Waals surface area contributed by atoms with E-state index >= 15 is 0 Å². The normalized spacial score (nSPS) is 10.7. The van der Waals surface area contributed by atoms with Gasteiger partial charge in [-0.1, -0.05) is 44.7 Å². The summed E-state index contributed by atoms with van der Waals surface area (Å²) in [6, 6.07) is 16.9. The molecule has 0 fully saturated rings. The lowest BCUT2D eigenvalue weighted by Crippen LogP contribution is -2.16. The summed E-state index contributed by atoms with van der Waals surface area (Å²) in [6.45, 7) is 7.41. The first kappa shape index (κ1) is 23.4. The molecule has 0 spiro atoms. The van der Waals surface area contributed by atoms with Crippen molar-refractivity contribution in [1.82, 2.24) is 14.8 Å². The second kappa shape index (κ2) is 11.3. The molecule has 3 aromatic rings. The molecule has 0 aliphatic rings. The van der Waals surface area contributed by atoms with Gasteiger partial charge in [-0.15, -0.1) is 10.2 Å². The number of anilines is 1. The molecule has 0 unspecified atom stereocenters. The molecule has 8 heteroatoms. The van der Waals surface area contributed by atoms with Crippen molar-refractivity contribution in [2.45, 2.75) is 45.5 Å². The van der Waals surface area contributed by atoms with Crippen molar-refractivity contribution in [3.63, 3.8) is 0 Å². The van der Waals surface area contributed by atoms with Gasteiger partial charge in [0, 0.05) is 12.2 Å². The van der Waals surface area contributed by atoms with Gasteiger partial charge in [0.05, 0.1) is 17.4 Å². The maximum Gasteiger partial charge on any atom is 0.234 e. The third-order valence-corrected chi connectivity index (χ3v) is 5.64. The third kappa shape index (κ3) is 6.59. The Kier molecular flexibility index (Phi) is 8.28. The van der Waals surface area contributed by atoms with Gasteiger partial charge in [0.2, 0.25) is 5.91 Å². The van der Waals surface area contributed by atoms with Gasteiger partial charge in [-0.2, -0.15) is 5.26 Å². The van der Waals surface area contributed by atoms with Crippen LogP contribution in [0.25, 0.3) is 0 Å². The summed E-state index contributed by atoms with van der Waals surface area (Å²) in [5, 5.41) is 21.0. The largest absolute Gasteiger partial charge is 0.486 e. The molecule has 0 bridgehead atoms. The molecule has 1 amide bonds. The standard InChI is InChI=1S/C24H27N5O2S/c1-4-18-7-11-21(12-8-18)31-15-22-27-28-24(29(22)14-17(2)3)32-16-23(30)26-20-9-5-19(13-25)6-10-20/h5-12,17H,4,14-16H2,1-3H3,(H,26,30). The molecule has 2 aromatic carbocycles. The molecule has 1 aromatic heterocycles. The molecule has 0 aliphatic carbocycles. The number of nitriles is 1. The number of carbonyl (C=O) groups excluding carboxylic acids is 1. The number of benzene rings is 2. The predicted molar refractivity (Wildman–Crippen MR) is 126 cm³/mol. The van der Waals surface area contributed by atoms with Crippen LogP contribution in [0.5, 0.6) is 5.75 Å². The fourth-order valence-electron chi connectivity index (χ4n) is 3.01. The van der Waals surface area contributed by atoms with Crippen LogP contribution >= 0.6 is 11.8 Å². The van der Waals surface area contributed by atoms with E-state index in [1.54, 1.807) is 24.3 Å². The molecule has 32 heavy (non-hydrogen) atoms. The minimum Gasteiger partial charge on any atom is -0.486 e. The van der Waals surface area contributed by atoms with Crippen LogP contribution in [0.3, 0.4) is 0 Å². The van der Waals surface area contributed by atoms with Crippen LogP contribution in [0.1, 0.15) is 37.7 Å². The van der Waals surface area contributed by atoms with Gasteiger partial charge in [0.1, 0.15) is 12.4 Å². The highest BCUT2D eigenvalue weighted by Gasteiger charge is 2.16. The second-order valence-electron chi connectivity index (χ2n) is 7.72. The number of rotatable bonds is 10. The molecule has 3 rings (SSSR count). The Balaban J connectivity index is 1.61. The lowest BCUT2D eigenvalue weighted by molar-refractivity contribution is -0.113. The summed E-state index contributed by atoms with van der Waals surface area (Å²) in [5.74, 6) is 1.97. The Hall–Kier alpha value is -3.31. The molecule has 0 saturated carbocycles. The fourth-order valence-corrected chi connectivity index (χ4v) is 3.77. The van der Waals surface area contributed by atoms with Crippen LogP contribution < -0.4 is 10.1 Å². The van der Waals surface area contributed by atoms with Crippen molar-refractivity contribution < 1.29 is 9.53 Å². The molecule has 0 radical (unpaired) electrons. The predicted octanol–water partition coefficient (Wildman–Crippen LogP) is 4.68. The van der Waals surface area contributed by atoms with Crippen LogP contribution in [-0.2, 0) is 24.4 Å². The van der Waals surface area contributed by atoms with E-state index < -0.39 is 0 Å². The summed E-state index contributed by atoms with van der Waals surface area (Å²) in [7, 11) is 0. The van der Waals surface area contributed by atoms with E-state index in [2.05, 4.69) is 54.5 Å². The van der Waals surface area contributed by atoms with Crippen LogP contribution in [0.15, 0.2) is 53.7 Å². The van der Waals surface area contributed by atoms with E-state index in [-0.39, 0.29) is 11.7 Å². The van der Waals surface area contributed by atoms with E-state index in [1.807, 2.05) is 16.7 Å². The smallest absolute Gasteiger partial charge is 0.234 e. The summed E-state index contributed by atoms with van der Waals surface area (Å²) in [5.41, 5.74) is 2.47. The quantitative estimate of drug-likeness (QED) is 0.452. The van der Waals surface area contributed by atoms with Gasteiger partial charge in [-0.25, -0.2) is 0 Å². The van der Waals surface area contributed by atoms with E-state index in [1.165, 1.54) is 17.3 Å². The molecule has 1 heterocycles. The Morgan fingerprint density at radius 3 is 2.50 bits per heavy atom. The van der Waals surface area contributed by atoms with Crippen molar-refractivity contribution in [1.29, 1.82) is 5.26 Å². The Morgan fingerprint density at radius 1 is 1.16 bits per heavy atom. The average molecular weight is 450 g/mol. The number of nitrogens with one attached hydrogen (secondary N) is 1. The second-order valence-corrected chi connectivity index (χ2v) is 8.66. The maximum absolute atomic E-state index is 12.4. The number of thioether (sulfide) groups is 1. The zero-order chi connectivity index (χ0) is 22.9. The first-order chi connectivity index (χ1) is 15.5. The molecule has 1 N–H and O–H groups in total. The topological polar surface area (TPSA) is 92.8 Å². The zero-order valence-electron chi connectivity index (χ0n) is 18.5. The number of nitrogens with zero attached hydrogens (tertiary/aromatic N) is 4. The molecular weight excluding hydrogens is 422 g/mol. The first-order valence-corrected chi connectivity index (χ1v) is 11.5. The number of ether oxygens (including phenoxy) is 1. The molecule has 166 valence electrons. The van der Waals surface area contributed by atoms with Crippen molar-refractivity contribution in [2.75, 3.05) is 11.1 Å². The lowest BCUT2D eigenvalue weighted by atomic mass is 10.2.